The van der Waals surface area contributed by atoms with Gasteiger partial charge in [-0.1, -0.05) is 71.6 Å². The van der Waals surface area contributed by atoms with Crippen LogP contribution < -0.4 is 11.7 Å². The molecule has 4 N–H and O–H groups in total. The summed E-state index contributed by atoms with van der Waals surface area (Å²) in [5, 5.41) is 0.931. The predicted octanol–water partition coefficient (Wildman–Crippen LogP) is 2.63. The molecule has 0 bridgehead atoms. The van der Waals surface area contributed by atoms with Crippen LogP contribution in [0.1, 0.15) is 84.5 Å². The predicted molar refractivity (Wildman–Crippen MR) is 94.2 cm³/mol. The molecule has 0 aliphatic heterocycles. The fraction of sp³-hybridized carbons (Fsp3) is 0.938. The molecule has 1 unspecified atom stereocenters. The second-order valence-electron chi connectivity index (χ2n) is 5.72. The van der Waals surface area contributed by atoms with Gasteiger partial charge in [0.05, 0.1) is 6.61 Å². The average Bonchev–Trinajstić information content (AvgIpc) is 2.45. The van der Waals surface area contributed by atoms with Crippen LogP contribution in [0, 0.1) is 0 Å². The summed E-state index contributed by atoms with van der Waals surface area (Å²) in [5.41, 5.74) is 0. The van der Waals surface area contributed by atoms with E-state index in [1.807, 2.05) is 6.92 Å². The Morgan fingerprint density at radius 1 is 0.909 bits per heavy atom. The van der Waals surface area contributed by atoms with Gasteiger partial charge in [0, 0.05) is 0 Å². The molecule has 6 heteroatoms. The molecule has 0 saturated carbocycles. The van der Waals surface area contributed by atoms with Gasteiger partial charge in [0.2, 0.25) is 0 Å². The third-order valence-corrected chi connectivity index (χ3v) is 3.76. The maximum atomic E-state index is 11.7. The molecule has 0 aliphatic carbocycles. The van der Waals surface area contributed by atoms with E-state index in [0.717, 1.165) is 18.0 Å². The summed E-state index contributed by atoms with van der Waals surface area (Å²) in [6.45, 7) is 4.58. The number of ether oxygens (including phenoxy) is 1. The Bertz CT molecular complexity index is 254. The van der Waals surface area contributed by atoms with Crippen LogP contribution in [0.4, 0.5) is 0 Å². The molecule has 0 radical (unpaired) electrons. The molecule has 0 aliphatic rings. The van der Waals surface area contributed by atoms with Gasteiger partial charge >= 0.3 is 35.5 Å². The normalized spacial score (nSPS) is 12.0. The fourth-order valence-corrected chi connectivity index (χ4v) is 2.36. The molecule has 0 amide bonds. The number of rotatable bonds is 14. The Kier molecular flexibility index (Phi) is 19.8. The minimum absolute atomic E-state index is 0. The van der Waals surface area contributed by atoms with E-state index >= 15 is 0 Å². The zero-order valence-corrected chi connectivity index (χ0v) is 14.0. The number of unbranched alkanes of at least 4 members (excludes halogenated alkanes) is 9. The van der Waals surface area contributed by atoms with Crippen LogP contribution >= 0.6 is 0 Å². The molecule has 0 aromatic carbocycles. The van der Waals surface area contributed by atoms with Gasteiger partial charge in [-0.15, -0.1) is 0 Å². The molecule has 0 aromatic heterocycles. The molecule has 0 saturated heterocycles. The minimum atomic E-state index is -0.534. The number of carbonyl (C=O) groups excluding carboxylic acids is 1. The van der Waals surface area contributed by atoms with Crippen molar-refractivity contribution in [2.24, 2.45) is 11.7 Å². The van der Waals surface area contributed by atoms with Gasteiger partial charge in [-0.2, -0.15) is 5.12 Å². The number of hydrogen-bond acceptors (Lipinski definition) is 5. The Morgan fingerprint density at radius 3 is 1.77 bits per heavy atom. The van der Waals surface area contributed by atoms with Crippen molar-refractivity contribution in [3.63, 3.8) is 0 Å². The summed E-state index contributed by atoms with van der Waals surface area (Å²) in [7, 11) is 0. The first-order chi connectivity index (χ1) is 10.1. The summed E-state index contributed by atoms with van der Waals surface area (Å²) in [5.74, 6) is 10.5. The summed E-state index contributed by atoms with van der Waals surface area (Å²) < 4.78 is 5.19. The molecule has 0 spiro atoms. The van der Waals surface area contributed by atoms with Crippen LogP contribution in [-0.2, 0) is 9.53 Å². The number of nitrogens with two attached hydrogens (primary N) is 2. The number of esters is 1. The second-order valence-corrected chi connectivity index (χ2v) is 5.72. The third-order valence-electron chi connectivity index (χ3n) is 3.76. The first-order valence-electron chi connectivity index (χ1n) is 8.58. The number of carbonyl (C=O) groups is 1. The van der Waals surface area contributed by atoms with Gasteiger partial charge in [0.1, 0.15) is 6.04 Å². The molecule has 128 valence electrons. The zero-order valence-electron chi connectivity index (χ0n) is 14.0. The van der Waals surface area contributed by atoms with E-state index in [1.165, 1.54) is 51.4 Å². The van der Waals surface area contributed by atoms with Gasteiger partial charge in [-0.05, 0) is 12.8 Å². The van der Waals surface area contributed by atoms with Crippen molar-refractivity contribution >= 4 is 35.5 Å². The Balaban J connectivity index is 0. The second kappa shape index (κ2) is 17.7. The molecule has 0 rings (SSSR count). The van der Waals surface area contributed by atoms with E-state index in [4.69, 9.17) is 16.4 Å². The van der Waals surface area contributed by atoms with E-state index in [0.29, 0.717) is 13.0 Å². The van der Waals surface area contributed by atoms with Gasteiger partial charge < -0.3 is 4.74 Å². The summed E-state index contributed by atoms with van der Waals surface area (Å²) >= 11 is 0. The topological polar surface area (TPSA) is 81.6 Å². The molecule has 22 heavy (non-hydrogen) atoms. The molecule has 0 fully saturated rings. The van der Waals surface area contributed by atoms with Crippen LogP contribution in [0.3, 0.4) is 0 Å². The zero-order chi connectivity index (χ0) is 15.9. The fourth-order valence-electron chi connectivity index (χ4n) is 2.36. The van der Waals surface area contributed by atoms with Crippen LogP contribution in [0.5, 0.6) is 0 Å². The average molecular weight is 325 g/mol. The molecule has 5 nitrogen and oxygen atoms in total. The molecule has 1 atom stereocenters. The van der Waals surface area contributed by atoms with Gasteiger partial charge in [-0.25, -0.2) is 0 Å². The standard InChI is InChI=1S/C16H35N3O2.Na.H/c1-3-5-6-7-8-9-10-11-12-13-14-21-16(20)15(4-2)19(17)18;;/h15H,3-14,17-18H2,1-2H3;;. The van der Waals surface area contributed by atoms with E-state index in [-0.39, 0.29) is 35.5 Å². The van der Waals surface area contributed by atoms with Crippen molar-refractivity contribution in [2.75, 3.05) is 6.61 Å². The van der Waals surface area contributed by atoms with Crippen LogP contribution in [0.15, 0.2) is 0 Å². The van der Waals surface area contributed by atoms with Crippen LogP contribution in [0.25, 0.3) is 0 Å². The van der Waals surface area contributed by atoms with Crippen molar-refractivity contribution in [1.82, 2.24) is 5.12 Å². The van der Waals surface area contributed by atoms with Crippen molar-refractivity contribution in [2.45, 2.75) is 90.5 Å². The molecule has 0 aromatic rings. The quantitative estimate of drug-likeness (QED) is 0.169. The molecular weight excluding hydrogens is 289 g/mol. The monoisotopic (exact) mass is 325 g/mol. The number of nitrogens with zero attached hydrogens (tertiary/aromatic N) is 1. The van der Waals surface area contributed by atoms with E-state index in [9.17, 15) is 4.79 Å². The molecule has 0 heterocycles. The maximum absolute atomic E-state index is 11.7. The van der Waals surface area contributed by atoms with Crippen molar-refractivity contribution in [3.05, 3.63) is 0 Å². The van der Waals surface area contributed by atoms with E-state index < -0.39 is 6.04 Å². The molecular formula is C16H36N3NaO2. The van der Waals surface area contributed by atoms with Gasteiger partial charge in [-0.3, -0.25) is 16.5 Å². The Labute approximate surface area is 158 Å². The number of hydrogen-bond donors (Lipinski definition) is 2. The van der Waals surface area contributed by atoms with E-state index in [2.05, 4.69) is 6.92 Å². The Morgan fingerprint density at radius 2 is 1.36 bits per heavy atom. The van der Waals surface area contributed by atoms with Crippen molar-refractivity contribution in [1.29, 1.82) is 0 Å². The third kappa shape index (κ3) is 14.0. The van der Waals surface area contributed by atoms with E-state index in [1.54, 1.807) is 0 Å². The van der Waals surface area contributed by atoms with Crippen molar-refractivity contribution < 1.29 is 9.53 Å². The summed E-state index contributed by atoms with van der Waals surface area (Å²) in [6.07, 6.45) is 13.2. The number of hydrazine groups is 2. The van der Waals surface area contributed by atoms with Gasteiger partial charge in [0.15, 0.2) is 0 Å². The first kappa shape index (κ1) is 24.6. The van der Waals surface area contributed by atoms with Crippen LogP contribution in [-0.4, -0.2) is 53.3 Å². The Hall–Kier alpha value is 0.350. The SMILES string of the molecule is CCCCCCCCCCCCOC(=O)C(CC)N(N)N.[NaH]. The van der Waals surface area contributed by atoms with Crippen LogP contribution in [0.2, 0.25) is 0 Å². The summed E-state index contributed by atoms with van der Waals surface area (Å²) in [4.78, 5) is 11.7. The van der Waals surface area contributed by atoms with Gasteiger partial charge in [0.25, 0.3) is 0 Å². The summed E-state index contributed by atoms with van der Waals surface area (Å²) in [6, 6.07) is -0.534. The van der Waals surface area contributed by atoms with Crippen molar-refractivity contribution in [3.8, 4) is 0 Å². The first-order valence-corrected chi connectivity index (χ1v) is 8.58.